The summed E-state index contributed by atoms with van der Waals surface area (Å²) < 4.78 is 9.91. The lowest BCUT2D eigenvalue weighted by atomic mass is 10.0. The maximum absolute atomic E-state index is 11.6. The molecule has 8 heteroatoms. The van der Waals surface area contributed by atoms with Crippen molar-refractivity contribution in [2.24, 2.45) is 0 Å². The predicted octanol–water partition coefficient (Wildman–Crippen LogP) is 3.81. The Balaban J connectivity index is 2.20. The number of rotatable bonds is 4. The molecule has 2 heterocycles. The second-order valence-electron chi connectivity index (χ2n) is 5.26. The fourth-order valence-electron chi connectivity index (χ4n) is 2.72. The van der Waals surface area contributed by atoms with Crippen LogP contribution in [0.25, 0.3) is 27.9 Å². The number of hydrogen-bond donors (Lipinski definition) is 1. The average Bonchev–Trinajstić information content (AvgIpc) is 2.95. The molecule has 3 aromatic rings. The van der Waals surface area contributed by atoms with E-state index in [4.69, 9.17) is 9.47 Å². The summed E-state index contributed by atoms with van der Waals surface area (Å²) in [7, 11) is 0. The number of pyridine rings is 1. The van der Waals surface area contributed by atoms with Gasteiger partial charge in [-0.3, -0.25) is 10.1 Å². The molecule has 1 N–H and O–H groups in total. The van der Waals surface area contributed by atoms with E-state index in [1.165, 1.54) is 6.08 Å². The van der Waals surface area contributed by atoms with Gasteiger partial charge in [-0.2, -0.15) is 0 Å². The third-order valence-electron chi connectivity index (χ3n) is 3.71. The first kappa shape index (κ1) is 16.4. The van der Waals surface area contributed by atoms with Crippen LogP contribution in [-0.4, -0.2) is 27.7 Å². The topological polar surface area (TPSA) is 107 Å². The monoisotopic (exact) mass is 341 g/mol. The number of H-pyrrole nitrogens is 1. The summed E-state index contributed by atoms with van der Waals surface area (Å²) in [5.41, 5.74) is 2.86. The first-order valence-corrected chi connectivity index (χ1v) is 7.57. The maximum atomic E-state index is 11.6. The normalized spacial score (nSPS) is 11.3. The van der Waals surface area contributed by atoms with Crippen LogP contribution in [0.2, 0.25) is 0 Å². The van der Waals surface area contributed by atoms with Crippen molar-refractivity contribution in [3.8, 4) is 5.88 Å². The Bertz CT molecular complexity index is 1010. The first-order chi connectivity index (χ1) is 12.0. The van der Waals surface area contributed by atoms with Gasteiger partial charge in [0.25, 0.3) is 0 Å². The zero-order chi connectivity index (χ0) is 18.0. The fourth-order valence-corrected chi connectivity index (χ4v) is 2.72. The molecule has 0 radical (unpaired) electrons. The van der Waals surface area contributed by atoms with Gasteiger partial charge in [-0.15, -0.1) is 0 Å². The third kappa shape index (κ3) is 3.14. The Kier molecular flexibility index (Phi) is 4.34. The molecular weight excluding hydrogens is 326 g/mol. The number of carbonyl (C=O) groups excluding carboxylic acids is 1. The number of benzene rings is 1. The van der Waals surface area contributed by atoms with E-state index >= 15 is 0 Å². The second kappa shape index (κ2) is 6.60. The summed E-state index contributed by atoms with van der Waals surface area (Å²) in [6, 6.07) is 5.45. The van der Waals surface area contributed by atoms with Crippen LogP contribution < -0.4 is 4.74 Å². The standard InChI is InChI=1S/C17H15N3O5/c1-3-24-17(21)25-16-10(2)14-13(9-18-16)19-12-6-4-5-11(15(12)14)7-8-20(22)23/h4-9,19H,3H2,1-2H3. The largest absolute Gasteiger partial charge is 0.515 e. The summed E-state index contributed by atoms with van der Waals surface area (Å²) in [4.78, 5) is 29.1. The molecule has 0 bridgehead atoms. The van der Waals surface area contributed by atoms with Crippen LogP contribution in [0.4, 0.5) is 4.79 Å². The SMILES string of the molecule is CCOC(=O)Oc1ncc2[nH]c3cccc(C=C[N+](=O)[O-])c3c2c1C. The molecule has 0 saturated heterocycles. The number of carbonyl (C=O) groups is 1. The van der Waals surface area contributed by atoms with Crippen molar-refractivity contribution in [3.63, 3.8) is 0 Å². The van der Waals surface area contributed by atoms with Crippen LogP contribution in [0, 0.1) is 17.0 Å². The summed E-state index contributed by atoms with van der Waals surface area (Å²) in [6.07, 6.45) is 3.05. The molecule has 0 fully saturated rings. The molecule has 0 unspecified atom stereocenters. The van der Waals surface area contributed by atoms with Gasteiger partial charge in [-0.05, 0) is 25.5 Å². The third-order valence-corrected chi connectivity index (χ3v) is 3.71. The maximum Gasteiger partial charge on any atom is 0.515 e. The van der Waals surface area contributed by atoms with Crippen LogP contribution in [0.5, 0.6) is 5.88 Å². The van der Waals surface area contributed by atoms with Gasteiger partial charge in [-0.1, -0.05) is 12.1 Å². The van der Waals surface area contributed by atoms with Gasteiger partial charge in [0, 0.05) is 27.9 Å². The Hall–Kier alpha value is -3.42. The molecule has 3 rings (SSSR count). The molecule has 0 saturated carbocycles. The molecule has 25 heavy (non-hydrogen) atoms. The van der Waals surface area contributed by atoms with Gasteiger partial charge in [0.15, 0.2) is 0 Å². The number of aromatic nitrogens is 2. The number of aryl methyl sites for hydroxylation is 1. The van der Waals surface area contributed by atoms with Gasteiger partial charge < -0.3 is 14.5 Å². The summed E-state index contributed by atoms with van der Waals surface area (Å²) >= 11 is 0. The molecule has 0 aliphatic rings. The van der Waals surface area contributed by atoms with E-state index in [1.807, 2.05) is 6.07 Å². The molecule has 0 aliphatic carbocycles. The highest BCUT2D eigenvalue weighted by atomic mass is 16.7. The molecule has 0 aliphatic heterocycles. The fraction of sp³-hybridized carbons (Fsp3) is 0.176. The van der Waals surface area contributed by atoms with Crippen molar-refractivity contribution in [1.82, 2.24) is 9.97 Å². The molecule has 0 amide bonds. The van der Waals surface area contributed by atoms with Crippen LogP contribution in [0.3, 0.4) is 0 Å². The van der Waals surface area contributed by atoms with Gasteiger partial charge in [0.1, 0.15) is 0 Å². The summed E-state index contributed by atoms with van der Waals surface area (Å²) in [5.74, 6) is 0.139. The zero-order valence-electron chi connectivity index (χ0n) is 13.6. The molecular formula is C17H15N3O5. The number of aromatic amines is 1. The van der Waals surface area contributed by atoms with Crippen molar-refractivity contribution in [2.75, 3.05) is 6.61 Å². The Morgan fingerprint density at radius 3 is 2.88 bits per heavy atom. The van der Waals surface area contributed by atoms with E-state index in [9.17, 15) is 14.9 Å². The molecule has 1 aromatic carbocycles. The highest BCUT2D eigenvalue weighted by Gasteiger charge is 2.16. The second-order valence-corrected chi connectivity index (χ2v) is 5.26. The summed E-state index contributed by atoms with van der Waals surface area (Å²) in [5, 5.41) is 12.2. The van der Waals surface area contributed by atoms with Crippen molar-refractivity contribution in [2.45, 2.75) is 13.8 Å². The van der Waals surface area contributed by atoms with Crippen LogP contribution in [-0.2, 0) is 4.74 Å². The van der Waals surface area contributed by atoms with Crippen LogP contribution in [0.15, 0.2) is 30.6 Å². The van der Waals surface area contributed by atoms with Crippen molar-refractivity contribution in [3.05, 3.63) is 51.8 Å². The molecule has 0 atom stereocenters. The van der Waals surface area contributed by atoms with Gasteiger partial charge in [-0.25, -0.2) is 9.78 Å². The minimum absolute atomic E-state index is 0.139. The highest BCUT2D eigenvalue weighted by molar-refractivity contribution is 6.12. The molecule has 8 nitrogen and oxygen atoms in total. The summed E-state index contributed by atoms with van der Waals surface area (Å²) in [6.45, 7) is 3.65. The number of nitro groups is 1. The van der Waals surface area contributed by atoms with Crippen LogP contribution >= 0.6 is 0 Å². The van der Waals surface area contributed by atoms with Crippen molar-refractivity contribution < 1.29 is 19.2 Å². The van der Waals surface area contributed by atoms with E-state index in [-0.39, 0.29) is 12.5 Å². The Morgan fingerprint density at radius 1 is 1.36 bits per heavy atom. The van der Waals surface area contributed by atoms with Crippen molar-refractivity contribution >= 4 is 34.0 Å². The number of ether oxygens (including phenoxy) is 2. The van der Waals surface area contributed by atoms with E-state index in [1.54, 1.807) is 32.2 Å². The first-order valence-electron chi connectivity index (χ1n) is 7.57. The van der Waals surface area contributed by atoms with E-state index in [2.05, 4.69) is 9.97 Å². The lowest BCUT2D eigenvalue weighted by molar-refractivity contribution is -0.400. The van der Waals surface area contributed by atoms with Crippen LogP contribution in [0.1, 0.15) is 18.1 Å². The van der Waals surface area contributed by atoms with E-state index in [0.717, 1.165) is 28.0 Å². The van der Waals surface area contributed by atoms with E-state index in [0.29, 0.717) is 11.1 Å². The lowest BCUT2D eigenvalue weighted by Crippen LogP contribution is -2.11. The Morgan fingerprint density at radius 2 is 2.16 bits per heavy atom. The lowest BCUT2D eigenvalue weighted by Gasteiger charge is -2.07. The van der Waals surface area contributed by atoms with Gasteiger partial charge in [0.05, 0.1) is 23.2 Å². The zero-order valence-corrected chi connectivity index (χ0v) is 13.6. The minimum Gasteiger partial charge on any atom is -0.434 e. The van der Waals surface area contributed by atoms with Crippen molar-refractivity contribution in [1.29, 1.82) is 0 Å². The number of hydrogen-bond acceptors (Lipinski definition) is 6. The predicted molar refractivity (Wildman–Crippen MR) is 92.0 cm³/mol. The minimum atomic E-state index is -0.828. The number of nitrogens with one attached hydrogen (secondary N) is 1. The molecule has 2 aromatic heterocycles. The Labute approximate surface area is 142 Å². The highest BCUT2D eigenvalue weighted by Crippen LogP contribution is 2.34. The average molecular weight is 341 g/mol. The number of fused-ring (bicyclic) bond motifs is 3. The smallest absolute Gasteiger partial charge is 0.434 e. The molecule has 128 valence electrons. The van der Waals surface area contributed by atoms with Gasteiger partial charge in [0.2, 0.25) is 12.1 Å². The quantitative estimate of drug-likeness (QED) is 0.439. The van der Waals surface area contributed by atoms with Gasteiger partial charge >= 0.3 is 6.16 Å². The number of nitrogens with zero attached hydrogens (tertiary/aromatic N) is 2. The van der Waals surface area contributed by atoms with E-state index < -0.39 is 11.1 Å². The molecule has 0 spiro atoms.